The Kier molecular flexibility index (Phi) is 7.67. The van der Waals surface area contributed by atoms with Gasteiger partial charge in [-0.25, -0.2) is 4.79 Å². The van der Waals surface area contributed by atoms with E-state index in [1.807, 2.05) is 75.4 Å². The van der Waals surface area contributed by atoms with E-state index in [1.165, 1.54) is 0 Å². The fourth-order valence-electron chi connectivity index (χ4n) is 2.62. The van der Waals surface area contributed by atoms with Crippen molar-refractivity contribution >= 4 is 6.09 Å². The Bertz CT molecular complexity index is 693. The van der Waals surface area contributed by atoms with Gasteiger partial charge in [-0.15, -0.1) is 0 Å². The summed E-state index contributed by atoms with van der Waals surface area (Å²) in [4.78, 5) is 12.1. The zero-order valence-electron chi connectivity index (χ0n) is 16.5. The van der Waals surface area contributed by atoms with E-state index in [9.17, 15) is 4.79 Å². The molecule has 0 bridgehead atoms. The molecule has 1 N–H and O–H groups in total. The first-order chi connectivity index (χ1) is 12.9. The highest BCUT2D eigenvalue weighted by molar-refractivity contribution is 5.67. The van der Waals surface area contributed by atoms with Crippen LogP contribution in [-0.2, 0) is 22.5 Å². The van der Waals surface area contributed by atoms with Crippen molar-refractivity contribution in [2.24, 2.45) is 0 Å². The van der Waals surface area contributed by atoms with Gasteiger partial charge in [0.05, 0.1) is 12.6 Å². The number of hydrogen-bond donors (Lipinski definition) is 1. The molecule has 1 atom stereocenters. The average molecular weight is 371 g/mol. The molecule has 0 saturated heterocycles. The summed E-state index contributed by atoms with van der Waals surface area (Å²) >= 11 is 0. The van der Waals surface area contributed by atoms with Gasteiger partial charge in [-0.2, -0.15) is 0 Å². The summed E-state index contributed by atoms with van der Waals surface area (Å²) in [5.74, 6) is 0.824. The standard InChI is InChI=1S/C22H29NO4/c1-22(2,3)27-20-12-10-17(11-13-20)14-19(16-25-4)23-21(24)26-15-18-8-6-5-7-9-18/h5-13,19H,14-16H2,1-4H3,(H,23,24). The van der Waals surface area contributed by atoms with E-state index in [4.69, 9.17) is 14.2 Å². The van der Waals surface area contributed by atoms with Gasteiger partial charge in [0.2, 0.25) is 0 Å². The van der Waals surface area contributed by atoms with E-state index in [2.05, 4.69) is 5.32 Å². The van der Waals surface area contributed by atoms with Gasteiger partial charge in [-0.3, -0.25) is 0 Å². The van der Waals surface area contributed by atoms with Crippen LogP contribution in [0.25, 0.3) is 0 Å². The van der Waals surface area contributed by atoms with Crippen LogP contribution in [0.15, 0.2) is 54.6 Å². The van der Waals surface area contributed by atoms with Crippen molar-refractivity contribution in [2.75, 3.05) is 13.7 Å². The third kappa shape index (κ3) is 8.13. The second-order valence-corrected chi connectivity index (χ2v) is 7.42. The second-order valence-electron chi connectivity index (χ2n) is 7.42. The number of rotatable bonds is 8. The lowest BCUT2D eigenvalue weighted by molar-refractivity contribution is 0.120. The maximum atomic E-state index is 12.1. The molecule has 2 aromatic carbocycles. The summed E-state index contributed by atoms with van der Waals surface area (Å²) in [6.45, 7) is 6.69. The summed E-state index contributed by atoms with van der Waals surface area (Å²) in [6, 6.07) is 17.3. The number of carbonyl (C=O) groups excluding carboxylic acids is 1. The highest BCUT2D eigenvalue weighted by Crippen LogP contribution is 2.19. The Morgan fingerprint density at radius 1 is 1.00 bits per heavy atom. The van der Waals surface area contributed by atoms with Gasteiger partial charge in [0.1, 0.15) is 18.0 Å². The predicted molar refractivity (Wildman–Crippen MR) is 106 cm³/mol. The van der Waals surface area contributed by atoms with Crippen LogP contribution in [0.4, 0.5) is 4.79 Å². The van der Waals surface area contributed by atoms with Crippen LogP contribution in [0.5, 0.6) is 5.75 Å². The van der Waals surface area contributed by atoms with Gasteiger partial charge in [-0.1, -0.05) is 42.5 Å². The molecule has 146 valence electrons. The Morgan fingerprint density at radius 3 is 2.26 bits per heavy atom. The highest BCUT2D eigenvalue weighted by Gasteiger charge is 2.15. The van der Waals surface area contributed by atoms with Crippen molar-refractivity contribution in [2.45, 2.75) is 45.4 Å². The van der Waals surface area contributed by atoms with E-state index in [-0.39, 0.29) is 18.2 Å². The molecule has 0 fully saturated rings. The molecule has 1 unspecified atom stereocenters. The number of ether oxygens (including phenoxy) is 3. The van der Waals surface area contributed by atoms with Crippen molar-refractivity contribution in [3.8, 4) is 5.75 Å². The molecule has 0 spiro atoms. The van der Waals surface area contributed by atoms with Gasteiger partial charge < -0.3 is 19.5 Å². The Hall–Kier alpha value is -2.53. The minimum Gasteiger partial charge on any atom is -0.488 e. The molecular weight excluding hydrogens is 342 g/mol. The van der Waals surface area contributed by atoms with Crippen LogP contribution in [-0.4, -0.2) is 31.5 Å². The molecule has 0 aliphatic heterocycles. The normalized spacial score (nSPS) is 12.3. The first-order valence-corrected chi connectivity index (χ1v) is 9.10. The third-order valence-electron chi connectivity index (χ3n) is 3.73. The van der Waals surface area contributed by atoms with Gasteiger partial charge in [0, 0.05) is 7.11 Å². The smallest absolute Gasteiger partial charge is 0.407 e. The van der Waals surface area contributed by atoms with Crippen LogP contribution in [0.3, 0.4) is 0 Å². The fourth-order valence-corrected chi connectivity index (χ4v) is 2.62. The number of hydrogen-bond acceptors (Lipinski definition) is 4. The molecule has 2 aromatic rings. The van der Waals surface area contributed by atoms with Crippen molar-refractivity contribution in [3.05, 3.63) is 65.7 Å². The average Bonchev–Trinajstić information content (AvgIpc) is 2.61. The van der Waals surface area contributed by atoms with Gasteiger partial charge in [0.15, 0.2) is 0 Å². The molecule has 0 saturated carbocycles. The predicted octanol–water partition coefficient (Wildman–Crippen LogP) is 4.35. The molecule has 0 heterocycles. The Labute approximate surface area is 161 Å². The molecule has 0 aliphatic carbocycles. The molecule has 1 amide bonds. The molecule has 0 radical (unpaired) electrons. The zero-order chi connectivity index (χ0) is 19.7. The summed E-state index contributed by atoms with van der Waals surface area (Å²) < 4.78 is 16.4. The van der Waals surface area contributed by atoms with Crippen LogP contribution in [0.2, 0.25) is 0 Å². The van der Waals surface area contributed by atoms with Crippen LogP contribution < -0.4 is 10.1 Å². The topological polar surface area (TPSA) is 56.8 Å². The maximum Gasteiger partial charge on any atom is 0.407 e. The first-order valence-electron chi connectivity index (χ1n) is 9.10. The van der Waals surface area contributed by atoms with Crippen molar-refractivity contribution < 1.29 is 19.0 Å². The number of methoxy groups -OCH3 is 1. The van der Waals surface area contributed by atoms with E-state index in [0.29, 0.717) is 13.0 Å². The molecule has 0 aromatic heterocycles. The van der Waals surface area contributed by atoms with Gasteiger partial charge in [-0.05, 0) is 50.5 Å². The second kappa shape index (κ2) is 9.97. The van der Waals surface area contributed by atoms with Crippen LogP contribution in [0.1, 0.15) is 31.9 Å². The van der Waals surface area contributed by atoms with Crippen LogP contribution in [0, 0.1) is 0 Å². The van der Waals surface area contributed by atoms with Crippen molar-refractivity contribution in [1.82, 2.24) is 5.32 Å². The maximum absolute atomic E-state index is 12.1. The third-order valence-corrected chi connectivity index (χ3v) is 3.73. The van der Waals surface area contributed by atoms with E-state index >= 15 is 0 Å². The largest absolute Gasteiger partial charge is 0.488 e. The van der Waals surface area contributed by atoms with Gasteiger partial charge >= 0.3 is 6.09 Å². The van der Waals surface area contributed by atoms with Crippen molar-refractivity contribution in [3.63, 3.8) is 0 Å². The minimum atomic E-state index is -0.450. The van der Waals surface area contributed by atoms with Crippen LogP contribution >= 0.6 is 0 Å². The fraction of sp³-hybridized carbons (Fsp3) is 0.409. The summed E-state index contributed by atoms with van der Waals surface area (Å²) in [6.07, 6.45) is 0.193. The quantitative estimate of drug-likeness (QED) is 0.750. The first kappa shape index (κ1) is 20.8. The molecular formula is C22H29NO4. The molecule has 5 heteroatoms. The summed E-state index contributed by atoms with van der Waals surface area (Å²) in [5.41, 5.74) is 1.80. The van der Waals surface area contributed by atoms with E-state index < -0.39 is 6.09 Å². The molecule has 5 nitrogen and oxygen atoms in total. The monoisotopic (exact) mass is 371 g/mol. The highest BCUT2D eigenvalue weighted by atomic mass is 16.5. The SMILES string of the molecule is COCC(Cc1ccc(OC(C)(C)C)cc1)NC(=O)OCc1ccccc1. The van der Waals surface area contributed by atoms with Gasteiger partial charge in [0.25, 0.3) is 0 Å². The minimum absolute atomic E-state index is 0.173. The van der Waals surface area contributed by atoms with E-state index in [1.54, 1.807) is 7.11 Å². The molecule has 2 rings (SSSR count). The number of alkyl carbamates (subject to hydrolysis) is 1. The lowest BCUT2D eigenvalue weighted by Crippen LogP contribution is -2.39. The summed E-state index contributed by atoms with van der Waals surface area (Å²) in [7, 11) is 1.62. The molecule has 0 aliphatic rings. The Morgan fingerprint density at radius 2 is 1.67 bits per heavy atom. The van der Waals surface area contributed by atoms with E-state index in [0.717, 1.165) is 16.9 Å². The number of carbonyl (C=O) groups is 1. The lowest BCUT2D eigenvalue weighted by atomic mass is 10.1. The summed E-state index contributed by atoms with van der Waals surface area (Å²) in [5, 5.41) is 2.87. The number of benzene rings is 2. The molecule has 27 heavy (non-hydrogen) atoms. The number of amides is 1. The Balaban J connectivity index is 1.87. The zero-order valence-corrected chi connectivity index (χ0v) is 16.5. The van der Waals surface area contributed by atoms with Crippen molar-refractivity contribution in [1.29, 1.82) is 0 Å². The lowest BCUT2D eigenvalue weighted by Gasteiger charge is -2.22. The number of nitrogens with one attached hydrogen (secondary N) is 1.